The van der Waals surface area contributed by atoms with Gasteiger partial charge in [0.25, 0.3) is 0 Å². The molecule has 0 unspecified atom stereocenters. The molecule has 620 valence electrons. The smallest absolute Gasteiger partial charge is 0.203 e. The van der Waals surface area contributed by atoms with Crippen LogP contribution in [0.4, 0.5) is 0 Å². The normalized spacial score (nSPS) is 12.4. The summed E-state index contributed by atoms with van der Waals surface area (Å²) in [6, 6.07) is 12.6. The van der Waals surface area contributed by atoms with Gasteiger partial charge in [-0.2, -0.15) is 0 Å². The number of hydrogen-bond donors (Lipinski definition) is 1. The summed E-state index contributed by atoms with van der Waals surface area (Å²) in [7, 11) is 0. The van der Waals surface area contributed by atoms with Crippen LogP contribution in [0.1, 0.15) is 134 Å². The molecule has 0 amide bonds. The van der Waals surface area contributed by atoms with Crippen LogP contribution in [0.15, 0.2) is 42.5 Å². The molecule has 27 nitrogen and oxygen atoms in total. The zero-order valence-electron chi connectivity index (χ0n) is 68.3. The molecule has 3 aromatic rings. The number of aliphatic hydroxyl groups excluding tert-OH is 1. The minimum atomic E-state index is -0.302. The Hall–Kier alpha value is -4.70. The average molecular weight is 1530 g/mol. The zero-order chi connectivity index (χ0) is 78.3. The van der Waals surface area contributed by atoms with Crippen LogP contribution in [0.2, 0.25) is 0 Å². The fourth-order valence-electron chi connectivity index (χ4n) is 8.92. The average Bonchev–Trinajstić information content (AvgIpc) is 0.826. The third kappa shape index (κ3) is 55.4. The van der Waals surface area contributed by atoms with Gasteiger partial charge in [0, 0.05) is 6.07 Å². The van der Waals surface area contributed by atoms with Crippen molar-refractivity contribution in [3.63, 3.8) is 0 Å². The van der Waals surface area contributed by atoms with Gasteiger partial charge in [-0.25, -0.2) is 0 Å². The van der Waals surface area contributed by atoms with E-state index in [9.17, 15) is 5.11 Å². The summed E-state index contributed by atoms with van der Waals surface area (Å²) >= 11 is 0. The number of benzene rings is 3. The highest BCUT2D eigenvalue weighted by Crippen LogP contribution is 2.41. The van der Waals surface area contributed by atoms with E-state index in [1.807, 2.05) is 142 Å². The largest absolute Gasteiger partial charge is 0.489 e. The maximum atomic E-state index is 10.6. The summed E-state index contributed by atoms with van der Waals surface area (Å²) < 4.78 is 156. The van der Waals surface area contributed by atoms with Crippen molar-refractivity contribution in [2.24, 2.45) is 0 Å². The molecule has 1 N–H and O–H groups in total. The Kier molecular flexibility index (Phi) is 51.7. The first-order valence-corrected chi connectivity index (χ1v) is 37.9. The monoisotopic (exact) mass is 1530 g/mol. The lowest BCUT2D eigenvalue weighted by molar-refractivity contribution is -0.0438. The van der Waals surface area contributed by atoms with E-state index < -0.39 is 0 Å². The number of rotatable bonds is 68. The molecule has 0 spiro atoms. The minimum Gasteiger partial charge on any atom is -0.489 e. The first kappa shape index (κ1) is 96.5. The summed E-state index contributed by atoms with van der Waals surface area (Å²) in [4.78, 5) is 0. The van der Waals surface area contributed by atoms with Crippen LogP contribution in [0, 0.1) is 0 Å². The second-order valence-electron chi connectivity index (χ2n) is 29.6. The molecule has 0 aliphatic carbocycles. The molecule has 0 aliphatic rings. The van der Waals surface area contributed by atoms with Gasteiger partial charge in [-0.3, -0.25) is 0 Å². The van der Waals surface area contributed by atoms with Gasteiger partial charge in [-0.05, 0) is 171 Å². The maximum absolute atomic E-state index is 10.6. The van der Waals surface area contributed by atoms with Crippen molar-refractivity contribution in [3.8, 4) is 46.0 Å². The Morgan fingerprint density at radius 3 is 0.654 bits per heavy atom. The highest BCUT2D eigenvalue weighted by Gasteiger charge is 2.21. The van der Waals surface area contributed by atoms with Crippen molar-refractivity contribution in [2.75, 3.05) is 238 Å². The molecule has 0 radical (unpaired) electrons. The zero-order valence-corrected chi connectivity index (χ0v) is 68.3. The lowest BCUT2D eigenvalue weighted by Gasteiger charge is -2.20. The molecule has 3 rings (SSSR count). The van der Waals surface area contributed by atoms with Crippen LogP contribution in [-0.4, -0.2) is 277 Å². The van der Waals surface area contributed by atoms with Crippen LogP contribution < -0.4 is 37.9 Å². The van der Waals surface area contributed by atoms with Crippen LogP contribution >= 0.6 is 0 Å². The van der Waals surface area contributed by atoms with E-state index >= 15 is 0 Å². The lowest BCUT2D eigenvalue weighted by atomic mass is 10.1. The molecule has 107 heavy (non-hydrogen) atoms. The molecule has 0 bridgehead atoms. The van der Waals surface area contributed by atoms with E-state index in [0.717, 1.165) is 0 Å². The van der Waals surface area contributed by atoms with Crippen molar-refractivity contribution in [3.05, 3.63) is 59.2 Å². The molecular weight excluding hydrogens is 1390 g/mol. The Morgan fingerprint density at radius 1 is 0.234 bits per heavy atom. The second kappa shape index (κ2) is 57.4. The first-order chi connectivity index (χ1) is 51.1. The Morgan fingerprint density at radius 2 is 0.439 bits per heavy atom. The van der Waals surface area contributed by atoms with E-state index in [1.165, 1.54) is 0 Å². The first-order valence-electron chi connectivity index (χ1n) is 37.9. The number of ether oxygens (including phenoxy) is 26. The van der Waals surface area contributed by atoms with Crippen molar-refractivity contribution in [1.82, 2.24) is 0 Å². The fourth-order valence-corrected chi connectivity index (χ4v) is 8.92. The molecule has 0 aliphatic heterocycles. The van der Waals surface area contributed by atoms with Crippen LogP contribution in [0.3, 0.4) is 0 Å². The van der Waals surface area contributed by atoms with E-state index in [4.69, 9.17) is 123 Å². The topological polar surface area (TPSA) is 260 Å². The standard InChI is InChI=1S/C80H138O27/c1-64(2)94-42-30-82-18-19-87-35-47-99-74-70(95-43-31-83-20-25-89-37-49-103-76(3,4)5)56-66(57-71(74)96-44-32-84-21-26-90-38-50-104-77(6,7)8)62-101-68-54-65(61-81)55-69(60-68)102-63-67-58-72(97-45-33-85-22-27-91-39-51-105-78(9,10)11)75(100-48-36-88-24-29-93-41-53-107-80(15,16)17)73(59-67)98-46-34-86-23-28-92-40-52-106-79(12,13)14/h54-60,64,81H,18-53,61-63H2,1-17H3. The van der Waals surface area contributed by atoms with Gasteiger partial charge < -0.3 is 128 Å². The summed E-state index contributed by atoms with van der Waals surface area (Å²) in [5.74, 6) is 3.08. The third-order valence-electron chi connectivity index (χ3n) is 13.7. The fraction of sp³-hybridized carbons (Fsp3) is 0.775. The summed E-state index contributed by atoms with van der Waals surface area (Å²) in [6.45, 7) is 46.4. The molecular formula is C80H138O27. The van der Waals surface area contributed by atoms with E-state index in [0.29, 0.717) is 221 Å². The quantitative estimate of drug-likeness (QED) is 0.0515. The van der Waals surface area contributed by atoms with Crippen molar-refractivity contribution in [1.29, 1.82) is 0 Å². The molecule has 0 heterocycles. The third-order valence-corrected chi connectivity index (χ3v) is 13.7. The summed E-state index contributed by atoms with van der Waals surface area (Å²) in [5, 5.41) is 10.6. The van der Waals surface area contributed by atoms with Crippen LogP contribution in [-0.2, 0) is 105 Å². The van der Waals surface area contributed by atoms with Crippen molar-refractivity contribution >= 4 is 0 Å². The highest BCUT2D eigenvalue weighted by atomic mass is 16.6. The van der Waals surface area contributed by atoms with Gasteiger partial charge in [0.1, 0.15) is 64.4 Å². The summed E-state index contributed by atoms with van der Waals surface area (Å²) in [5.41, 5.74) is 0.634. The molecule has 0 saturated carbocycles. The van der Waals surface area contributed by atoms with Gasteiger partial charge >= 0.3 is 0 Å². The number of hydrogen-bond acceptors (Lipinski definition) is 27. The van der Waals surface area contributed by atoms with Gasteiger partial charge in [0.2, 0.25) is 11.5 Å². The van der Waals surface area contributed by atoms with Crippen molar-refractivity contribution in [2.45, 2.75) is 172 Å². The molecule has 0 saturated heterocycles. The van der Waals surface area contributed by atoms with Gasteiger partial charge in [0.15, 0.2) is 23.0 Å². The van der Waals surface area contributed by atoms with E-state index in [2.05, 4.69) is 0 Å². The van der Waals surface area contributed by atoms with E-state index in [1.54, 1.807) is 18.2 Å². The molecule has 0 aromatic heterocycles. The predicted molar refractivity (Wildman–Crippen MR) is 406 cm³/mol. The minimum absolute atomic E-state index is 0.0343. The van der Waals surface area contributed by atoms with Crippen LogP contribution in [0.25, 0.3) is 0 Å². The Labute approximate surface area is 640 Å². The van der Waals surface area contributed by atoms with E-state index in [-0.39, 0.29) is 133 Å². The Bertz CT molecular complexity index is 2540. The number of aliphatic hydroxyl groups is 1. The van der Waals surface area contributed by atoms with Gasteiger partial charge in [-0.15, -0.1) is 0 Å². The highest BCUT2D eigenvalue weighted by molar-refractivity contribution is 5.55. The maximum Gasteiger partial charge on any atom is 0.203 e. The van der Waals surface area contributed by atoms with Gasteiger partial charge in [0.05, 0.1) is 239 Å². The molecule has 27 heteroatoms. The molecule has 3 aromatic carbocycles. The summed E-state index contributed by atoms with van der Waals surface area (Å²) in [6.07, 6.45) is 0.125. The predicted octanol–water partition coefficient (Wildman–Crippen LogP) is 11.3. The SMILES string of the molecule is CC(C)OCCOCCOCCOc1c(OCCOCCOCCOC(C)(C)C)cc(COc2cc(CO)cc(OCc3cc(OCCOCCOCCOC(C)(C)C)c(OCCOCCOCCOC(C)(C)C)c(OCCOCCOCCOC(C)(C)C)c3)c2)cc1OCCOCCOCCOC(C)(C)C. The molecule has 0 fully saturated rings. The second-order valence-corrected chi connectivity index (χ2v) is 29.6. The lowest BCUT2D eigenvalue weighted by Crippen LogP contribution is -2.22. The molecule has 0 atom stereocenters. The Balaban J connectivity index is 1.93. The van der Waals surface area contributed by atoms with Gasteiger partial charge in [-0.1, -0.05) is 0 Å². The van der Waals surface area contributed by atoms with Crippen molar-refractivity contribution < 1.29 is 128 Å². The van der Waals surface area contributed by atoms with Crippen LogP contribution in [0.5, 0.6) is 46.0 Å².